The van der Waals surface area contributed by atoms with Gasteiger partial charge in [0.1, 0.15) is 5.82 Å². The highest BCUT2D eigenvalue weighted by Crippen LogP contribution is 2.27. The lowest BCUT2D eigenvalue weighted by atomic mass is 9.91. The zero-order valence-electron chi connectivity index (χ0n) is 16.7. The second kappa shape index (κ2) is 8.57. The number of benzene rings is 2. The monoisotopic (exact) mass is 431 g/mol. The maximum absolute atomic E-state index is 14.1. The molecule has 0 spiro atoms. The van der Waals surface area contributed by atoms with Gasteiger partial charge in [-0.2, -0.15) is 0 Å². The van der Waals surface area contributed by atoms with Crippen molar-refractivity contribution in [3.8, 4) is 11.1 Å². The van der Waals surface area contributed by atoms with Crippen LogP contribution in [-0.4, -0.2) is 37.5 Å². The van der Waals surface area contributed by atoms with Crippen LogP contribution >= 0.6 is 11.6 Å². The Morgan fingerprint density at radius 2 is 1.77 bits per heavy atom. The summed E-state index contributed by atoms with van der Waals surface area (Å²) in [5, 5.41) is 3.25. The molecule has 0 aliphatic carbocycles. The van der Waals surface area contributed by atoms with E-state index in [-0.39, 0.29) is 6.42 Å². The number of cyclic esters (lactones) is 2. The van der Waals surface area contributed by atoms with Crippen LogP contribution in [0.4, 0.5) is 4.39 Å². The Morgan fingerprint density at radius 3 is 2.33 bits per heavy atom. The number of ether oxygens (including phenoxy) is 2. The molecule has 0 bridgehead atoms. The van der Waals surface area contributed by atoms with Crippen molar-refractivity contribution in [1.82, 2.24) is 5.23 Å². The van der Waals surface area contributed by atoms with E-state index in [1.54, 1.807) is 32.2 Å². The second-order valence-corrected chi connectivity index (χ2v) is 7.88. The molecule has 0 unspecified atom stereocenters. The molecule has 1 heterocycles. The molecule has 30 heavy (non-hydrogen) atoms. The van der Waals surface area contributed by atoms with Gasteiger partial charge >= 0.3 is 11.9 Å². The van der Waals surface area contributed by atoms with E-state index < -0.39 is 41.3 Å². The van der Waals surface area contributed by atoms with Crippen LogP contribution in [0.3, 0.4) is 0 Å². The minimum absolute atomic E-state index is 0.216. The average Bonchev–Trinajstić information content (AvgIpc) is 2.67. The Bertz CT molecular complexity index is 975. The molecule has 156 valence electrons. The summed E-state index contributed by atoms with van der Waals surface area (Å²) in [7, 11) is 1.56. The van der Waals surface area contributed by atoms with Crippen molar-refractivity contribution in [2.24, 2.45) is 5.92 Å². The van der Waals surface area contributed by atoms with E-state index in [4.69, 9.17) is 21.1 Å². The Balaban J connectivity index is 1.76. The topological polar surface area (TPSA) is 81.7 Å². The SMILES string of the molecule is BN[C@H](Cc1ccc(-c2cc(Cl)ccc2F)cc1)C(=O)C1C(=O)OC(C)(C)OC1=O. The van der Waals surface area contributed by atoms with Crippen LogP contribution in [0, 0.1) is 11.7 Å². The molecule has 9 heteroatoms. The first-order valence-corrected chi connectivity index (χ1v) is 9.70. The number of Topliss-reactive ketones (excluding diaryl/α,β-unsaturated/α-hetero) is 1. The minimum atomic E-state index is -1.63. The van der Waals surface area contributed by atoms with Crippen LogP contribution in [-0.2, 0) is 30.3 Å². The van der Waals surface area contributed by atoms with Crippen molar-refractivity contribution in [3.05, 3.63) is 58.9 Å². The Morgan fingerprint density at radius 1 is 1.17 bits per heavy atom. The van der Waals surface area contributed by atoms with E-state index in [2.05, 4.69) is 5.23 Å². The van der Waals surface area contributed by atoms with Gasteiger partial charge in [-0.3, -0.25) is 14.4 Å². The Labute approximate surface area is 179 Å². The fourth-order valence-electron chi connectivity index (χ4n) is 3.27. The molecular formula is C21H20BClFNO5. The smallest absolute Gasteiger partial charge is 0.331 e. The third kappa shape index (κ3) is 4.71. The van der Waals surface area contributed by atoms with Crippen molar-refractivity contribution in [2.45, 2.75) is 32.1 Å². The highest BCUT2D eigenvalue weighted by molar-refractivity contribution is 6.30. The summed E-state index contributed by atoms with van der Waals surface area (Å²) in [6.07, 6.45) is 0.216. The van der Waals surface area contributed by atoms with Crippen LogP contribution in [0.15, 0.2) is 42.5 Å². The zero-order chi connectivity index (χ0) is 22.1. The maximum atomic E-state index is 14.1. The number of hydrogen-bond acceptors (Lipinski definition) is 6. The highest BCUT2D eigenvalue weighted by Gasteiger charge is 2.48. The molecule has 1 saturated heterocycles. The van der Waals surface area contributed by atoms with Gasteiger partial charge in [0.2, 0.25) is 5.92 Å². The van der Waals surface area contributed by atoms with Crippen LogP contribution in [0.1, 0.15) is 19.4 Å². The van der Waals surface area contributed by atoms with Gasteiger partial charge in [-0.05, 0) is 35.7 Å². The van der Waals surface area contributed by atoms with Gasteiger partial charge in [0.05, 0.1) is 6.04 Å². The maximum Gasteiger partial charge on any atom is 0.331 e. The number of rotatable bonds is 6. The molecule has 1 aliphatic rings. The molecule has 1 atom stereocenters. The third-order valence-electron chi connectivity index (χ3n) is 4.77. The number of esters is 2. The van der Waals surface area contributed by atoms with E-state index in [0.717, 1.165) is 5.56 Å². The van der Waals surface area contributed by atoms with Crippen molar-refractivity contribution in [2.75, 3.05) is 0 Å². The Hall–Kier alpha value is -2.71. The number of nitrogens with one attached hydrogen (secondary N) is 1. The largest absolute Gasteiger partial charge is 0.422 e. The first kappa shape index (κ1) is 22.0. The van der Waals surface area contributed by atoms with E-state index in [1.165, 1.54) is 32.0 Å². The van der Waals surface area contributed by atoms with Gasteiger partial charge in [0.15, 0.2) is 13.8 Å². The highest BCUT2D eigenvalue weighted by atomic mass is 35.5. The van der Waals surface area contributed by atoms with Crippen molar-refractivity contribution >= 4 is 37.3 Å². The molecule has 2 aromatic carbocycles. The summed E-state index contributed by atoms with van der Waals surface area (Å²) in [4.78, 5) is 37.2. The van der Waals surface area contributed by atoms with Gasteiger partial charge in [-0.1, -0.05) is 35.9 Å². The molecule has 1 aliphatic heterocycles. The fourth-order valence-corrected chi connectivity index (χ4v) is 3.44. The van der Waals surface area contributed by atoms with E-state index in [1.807, 2.05) is 0 Å². The average molecular weight is 432 g/mol. The predicted octanol–water partition coefficient (Wildman–Crippen LogP) is 2.22. The first-order chi connectivity index (χ1) is 14.1. The predicted molar refractivity (Wildman–Crippen MR) is 111 cm³/mol. The van der Waals surface area contributed by atoms with Crippen LogP contribution in [0.5, 0.6) is 0 Å². The lowest BCUT2D eigenvalue weighted by Crippen LogP contribution is -2.53. The van der Waals surface area contributed by atoms with Gasteiger partial charge in [-0.25, -0.2) is 4.39 Å². The molecule has 6 nitrogen and oxygen atoms in total. The number of carbonyl (C=O) groups is 3. The molecule has 3 rings (SSSR count). The number of hydrogen-bond donors (Lipinski definition) is 1. The van der Waals surface area contributed by atoms with Crippen molar-refractivity contribution in [3.63, 3.8) is 0 Å². The second-order valence-electron chi connectivity index (χ2n) is 7.44. The molecule has 0 radical (unpaired) electrons. The number of halogens is 2. The summed E-state index contributed by atoms with van der Waals surface area (Å²) in [6.45, 7) is 2.84. The summed E-state index contributed by atoms with van der Waals surface area (Å²) < 4.78 is 24.1. The van der Waals surface area contributed by atoms with Crippen LogP contribution in [0.2, 0.25) is 5.02 Å². The van der Waals surface area contributed by atoms with Gasteiger partial charge in [0.25, 0.3) is 5.79 Å². The standard InChI is InChI=1S/C21H20BClFNO5/c1-21(2)29-19(27)17(20(28)30-21)18(26)16(25-22)9-11-3-5-12(6-4-11)14-10-13(23)7-8-15(14)24/h3-8,10,16-17,25H,9,22H2,1-2H3/t16-/m1/s1. The van der Waals surface area contributed by atoms with Crippen molar-refractivity contribution < 1.29 is 28.2 Å². The fraction of sp³-hybridized carbons (Fsp3) is 0.286. The molecule has 2 aromatic rings. The van der Waals surface area contributed by atoms with Crippen LogP contribution < -0.4 is 5.23 Å². The normalized spacial score (nSPS) is 17.2. The number of carbonyl (C=O) groups excluding carboxylic acids is 3. The molecular weight excluding hydrogens is 411 g/mol. The van der Waals surface area contributed by atoms with Gasteiger partial charge < -0.3 is 14.7 Å². The minimum Gasteiger partial charge on any atom is -0.422 e. The van der Waals surface area contributed by atoms with E-state index in [0.29, 0.717) is 16.1 Å². The summed E-state index contributed by atoms with van der Waals surface area (Å²) in [5.74, 6) is -5.90. The Kier molecular flexibility index (Phi) is 6.29. The lowest BCUT2D eigenvalue weighted by molar-refractivity contribution is -0.238. The third-order valence-corrected chi connectivity index (χ3v) is 5.01. The first-order valence-electron chi connectivity index (χ1n) is 9.32. The summed E-state index contributed by atoms with van der Waals surface area (Å²) >= 11 is 5.95. The molecule has 1 fully saturated rings. The summed E-state index contributed by atoms with van der Waals surface area (Å²) in [5.41, 5.74) is 1.75. The van der Waals surface area contributed by atoms with Crippen molar-refractivity contribution in [1.29, 1.82) is 0 Å². The lowest BCUT2D eigenvalue weighted by Gasteiger charge is -2.33. The number of ketones is 1. The van der Waals surface area contributed by atoms with Crippen LogP contribution in [0.25, 0.3) is 11.1 Å². The van der Waals surface area contributed by atoms with Gasteiger partial charge in [-0.15, -0.1) is 0 Å². The molecule has 1 N–H and O–H groups in total. The molecule has 0 aromatic heterocycles. The molecule has 0 amide bonds. The molecule has 0 saturated carbocycles. The summed E-state index contributed by atoms with van der Waals surface area (Å²) in [6, 6.07) is 10.4. The zero-order valence-corrected chi connectivity index (χ0v) is 17.5. The van der Waals surface area contributed by atoms with E-state index >= 15 is 0 Å². The quantitative estimate of drug-likeness (QED) is 0.429. The van der Waals surface area contributed by atoms with Gasteiger partial charge in [0, 0.05) is 24.4 Å². The van der Waals surface area contributed by atoms with E-state index in [9.17, 15) is 18.8 Å².